The largest absolute Gasteiger partial charge is 0.460 e. The van der Waals surface area contributed by atoms with Crippen LogP contribution in [0.3, 0.4) is 0 Å². The lowest BCUT2D eigenvalue weighted by molar-refractivity contribution is -0.117. The van der Waals surface area contributed by atoms with Gasteiger partial charge in [0.25, 0.3) is 0 Å². The summed E-state index contributed by atoms with van der Waals surface area (Å²) in [5.41, 5.74) is 10.1. The smallest absolute Gasteiger partial charge is 0.228 e. The lowest BCUT2D eigenvalue weighted by atomic mass is 10.0. The van der Waals surface area contributed by atoms with E-state index in [-0.39, 0.29) is 23.5 Å². The summed E-state index contributed by atoms with van der Waals surface area (Å²) in [4.78, 5) is 37.6. The van der Waals surface area contributed by atoms with Gasteiger partial charge in [0.1, 0.15) is 28.8 Å². The zero-order valence-electron chi connectivity index (χ0n) is 23.7. The summed E-state index contributed by atoms with van der Waals surface area (Å²) >= 11 is 0. The third kappa shape index (κ3) is 6.46. The molecule has 44 heavy (non-hydrogen) atoms. The number of aryl methyl sites for hydroxylation is 1. The Morgan fingerprint density at radius 1 is 0.818 bits per heavy atom. The number of carbonyl (C=O) groups excluding carboxylic acids is 1. The maximum atomic E-state index is 14.0. The number of halogens is 1. The van der Waals surface area contributed by atoms with Crippen LogP contribution in [0.15, 0.2) is 102 Å². The monoisotopic (exact) mass is 586 g/mol. The van der Waals surface area contributed by atoms with Crippen molar-refractivity contribution >= 4 is 17.5 Å². The highest BCUT2D eigenvalue weighted by Crippen LogP contribution is 2.33. The first kappa shape index (κ1) is 28.3. The van der Waals surface area contributed by atoms with E-state index in [2.05, 4.69) is 35.2 Å². The molecule has 0 saturated heterocycles. The molecule has 10 nitrogen and oxygen atoms in total. The molecule has 7 rings (SSSR count). The fraction of sp³-hybridized carbons (Fsp3) is 0.121. The molecule has 1 aliphatic carbocycles. The van der Waals surface area contributed by atoms with E-state index in [1.807, 2.05) is 31.2 Å². The fourth-order valence-electron chi connectivity index (χ4n) is 4.44. The third-order valence-corrected chi connectivity index (χ3v) is 6.77. The van der Waals surface area contributed by atoms with Gasteiger partial charge in [0.2, 0.25) is 5.91 Å². The molecule has 1 saturated carbocycles. The number of rotatable bonds is 6. The predicted molar refractivity (Wildman–Crippen MR) is 164 cm³/mol. The van der Waals surface area contributed by atoms with Crippen molar-refractivity contribution in [2.75, 3.05) is 11.1 Å². The number of nitrogens with two attached hydrogens (primary N) is 1. The van der Waals surface area contributed by atoms with Crippen molar-refractivity contribution in [3.8, 4) is 45.2 Å². The number of nitrogen functional groups attached to an aromatic ring is 1. The van der Waals surface area contributed by atoms with Crippen molar-refractivity contribution in [2.24, 2.45) is 5.92 Å². The molecule has 0 bridgehead atoms. The average Bonchev–Trinajstić information content (AvgIpc) is 3.82. The Hall–Kier alpha value is -5.84. The summed E-state index contributed by atoms with van der Waals surface area (Å²) in [5, 5.41) is 2.83. The van der Waals surface area contributed by atoms with Crippen LogP contribution in [0.25, 0.3) is 45.2 Å². The number of anilines is 2. The second-order valence-electron chi connectivity index (χ2n) is 10.1. The van der Waals surface area contributed by atoms with E-state index < -0.39 is 0 Å². The zero-order valence-corrected chi connectivity index (χ0v) is 23.7. The summed E-state index contributed by atoms with van der Waals surface area (Å²) in [6, 6.07) is 17.5. The molecule has 5 aromatic heterocycles. The molecule has 0 unspecified atom stereocenters. The Labute approximate surface area is 252 Å². The third-order valence-electron chi connectivity index (χ3n) is 6.77. The number of carbonyl (C=O) groups is 1. The van der Waals surface area contributed by atoms with Crippen molar-refractivity contribution < 1.29 is 13.6 Å². The van der Waals surface area contributed by atoms with Gasteiger partial charge in [-0.3, -0.25) is 19.7 Å². The standard InChI is InChI=1S/C18H16N4O2.C15H11FN4/c1-11-2-5-14(24-11)17-16(12-6-8-19-9-7-12)20-10-15(21-17)22-18(23)13-3-4-13;16-12-4-2-1-3-11(12)15-14(19-9-13(17)20-15)10-5-7-18-8-6-10/h2,5-10,13H,3-4H2,1H3,(H,21,22,23);1-9H,(H2,17,20). The van der Waals surface area contributed by atoms with Crippen LogP contribution in [-0.4, -0.2) is 35.8 Å². The highest BCUT2D eigenvalue weighted by atomic mass is 19.1. The Kier molecular flexibility index (Phi) is 8.08. The van der Waals surface area contributed by atoms with Gasteiger partial charge in [0, 0.05) is 47.4 Å². The van der Waals surface area contributed by atoms with Gasteiger partial charge in [0.15, 0.2) is 11.6 Å². The molecular weight excluding hydrogens is 559 g/mol. The van der Waals surface area contributed by atoms with E-state index in [0.29, 0.717) is 39.9 Å². The van der Waals surface area contributed by atoms with Crippen LogP contribution in [0, 0.1) is 18.7 Å². The number of aromatic nitrogens is 6. The van der Waals surface area contributed by atoms with Crippen LogP contribution in [0.4, 0.5) is 16.0 Å². The summed E-state index contributed by atoms with van der Waals surface area (Å²) < 4.78 is 19.7. The lowest BCUT2D eigenvalue weighted by Gasteiger charge is -2.09. The number of nitrogens with one attached hydrogen (secondary N) is 1. The molecule has 0 spiro atoms. The first-order chi connectivity index (χ1) is 21.5. The van der Waals surface area contributed by atoms with E-state index in [1.165, 1.54) is 12.3 Å². The van der Waals surface area contributed by atoms with Crippen LogP contribution >= 0.6 is 0 Å². The molecule has 1 fully saturated rings. The van der Waals surface area contributed by atoms with E-state index in [4.69, 9.17) is 10.2 Å². The van der Waals surface area contributed by atoms with Crippen LogP contribution < -0.4 is 11.1 Å². The minimum absolute atomic E-state index is 0.00235. The lowest BCUT2D eigenvalue weighted by Crippen LogP contribution is -2.15. The van der Waals surface area contributed by atoms with E-state index in [0.717, 1.165) is 29.7 Å². The number of benzene rings is 1. The highest BCUT2D eigenvalue weighted by molar-refractivity contribution is 5.93. The Bertz CT molecular complexity index is 1910. The van der Waals surface area contributed by atoms with E-state index in [9.17, 15) is 9.18 Å². The molecular formula is C33H27FN8O2. The molecule has 1 aliphatic rings. The van der Waals surface area contributed by atoms with E-state index in [1.54, 1.807) is 61.3 Å². The van der Waals surface area contributed by atoms with Crippen molar-refractivity contribution in [1.29, 1.82) is 0 Å². The first-order valence-electron chi connectivity index (χ1n) is 13.9. The van der Waals surface area contributed by atoms with Gasteiger partial charge >= 0.3 is 0 Å². The van der Waals surface area contributed by atoms with Gasteiger partial charge in [-0.25, -0.2) is 19.3 Å². The minimum Gasteiger partial charge on any atom is -0.460 e. The zero-order chi connectivity index (χ0) is 30.5. The molecule has 0 atom stereocenters. The van der Waals surface area contributed by atoms with Gasteiger partial charge in [0.05, 0.1) is 23.8 Å². The van der Waals surface area contributed by atoms with Crippen LogP contribution in [0.1, 0.15) is 18.6 Å². The van der Waals surface area contributed by atoms with Gasteiger partial charge in [-0.1, -0.05) is 12.1 Å². The topological polar surface area (TPSA) is 146 Å². The number of amides is 1. The molecule has 1 amide bonds. The van der Waals surface area contributed by atoms with Crippen molar-refractivity contribution in [1.82, 2.24) is 29.9 Å². The van der Waals surface area contributed by atoms with Gasteiger partial charge < -0.3 is 15.5 Å². The predicted octanol–water partition coefficient (Wildman–Crippen LogP) is 6.38. The van der Waals surface area contributed by atoms with E-state index >= 15 is 0 Å². The molecule has 6 aromatic rings. The molecule has 1 aromatic carbocycles. The van der Waals surface area contributed by atoms with Gasteiger partial charge in [-0.05, 0) is 68.3 Å². The summed E-state index contributed by atoms with van der Waals surface area (Å²) in [6.07, 6.45) is 11.6. The Balaban J connectivity index is 0.000000159. The number of furan rings is 1. The van der Waals surface area contributed by atoms with Gasteiger partial charge in [-0.2, -0.15) is 0 Å². The van der Waals surface area contributed by atoms with Crippen molar-refractivity contribution in [2.45, 2.75) is 19.8 Å². The fourth-order valence-corrected chi connectivity index (χ4v) is 4.44. The van der Waals surface area contributed by atoms with Gasteiger partial charge in [-0.15, -0.1) is 0 Å². The summed E-state index contributed by atoms with van der Waals surface area (Å²) in [7, 11) is 0. The minimum atomic E-state index is -0.359. The average molecular weight is 587 g/mol. The highest BCUT2D eigenvalue weighted by Gasteiger charge is 2.30. The van der Waals surface area contributed by atoms with Crippen LogP contribution in [0.5, 0.6) is 0 Å². The Morgan fingerprint density at radius 2 is 1.45 bits per heavy atom. The first-order valence-corrected chi connectivity index (χ1v) is 13.9. The van der Waals surface area contributed by atoms with Crippen LogP contribution in [0.2, 0.25) is 0 Å². The Morgan fingerprint density at radius 3 is 2.07 bits per heavy atom. The number of nitrogens with zero attached hydrogens (tertiary/aromatic N) is 6. The maximum Gasteiger partial charge on any atom is 0.228 e. The maximum absolute atomic E-state index is 14.0. The number of hydrogen-bond acceptors (Lipinski definition) is 9. The number of pyridine rings is 2. The normalized spacial score (nSPS) is 12.2. The second kappa shape index (κ2) is 12.6. The molecule has 3 N–H and O–H groups in total. The number of hydrogen-bond donors (Lipinski definition) is 2. The molecule has 0 radical (unpaired) electrons. The van der Waals surface area contributed by atoms with Crippen molar-refractivity contribution in [3.05, 3.63) is 109 Å². The summed E-state index contributed by atoms with van der Waals surface area (Å²) in [6.45, 7) is 1.88. The molecule has 5 heterocycles. The summed E-state index contributed by atoms with van der Waals surface area (Å²) in [5.74, 6) is 1.86. The molecule has 11 heteroatoms. The second-order valence-corrected chi connectivity index (χ2v) is 10.1. The SMILES string of the molecule is Cc1ccc(-c2nc(NC(=O)C3CC3)cnc2-c2ccncc2)o1.Nc1cnc(-c2ccncc2)c(-c2ccccc2F)n1. The quantitative estimate of drug-likeness (QED) is 0.227. The molecule has 0 aliphatic heterocycles. The van der Waals surface area contributed by atoms with Crippen molar-refractivity contribution in [3.63, 3.8) is 0 Å². The molecule has 218 valence electrons. The van der Waals surface area contributed by atoms with Crippen LogP contribution in [-0.2, 0) is 4.79 Å².